The number of esters is 1. The number of pyridine rings is 1. The highest BCUT2D eigenvalue weighted by Crippen LogP contribution is 2.18. The van der Waals surface area contributed by atoms with E-state index >= 15 is 0 Å². The Morgan fingerprint density at radius 3 is 2.88 bits per heavy atom. The van der Waals surface area contributed by atoms with Gasteiger partial charge in [-0.25, -0.2) is 9.78 Å². The largest absolute Gasteiger partial charge is 0.466 e. The molecule has 1 aromatic heterocycles. The first-order valence-electron chi connectivity index (χ1n) is 5.19. The normalized spacial score (nSPS) is 11.4. The van der Waals surface area contributed by atoms with Crippen molar-refractivity contribution in [3.05, 3.63) is 34.5 Å². The number of hydrogen-bond donors (Lipinski definition) is 0. The van der Waals surface area contributed by atoms with Crippen molar-refractivity contribution in [3.63, 3.8) is 0 Å². The van der Waals surface area contributed by atoms with E-state index in [1.807, 2.05) is 25.1 Å². The van der Waals surface area contributed by atoms with Gasteiger partial charge in [-0.3, -0.25) is 0 Å². The van der Waals surface area contributed by atoms with Crippen molar-refractivity contribution in [1.82, 2.24) is 4.98 Å². The molecular formula is C12H14BrNO2S. The lowest BCUT2D eigenvalue weighted by Crippen LogP contribution is -2.04. The van der Waals surface area contributed by atoms with Gasteiger partial charge in [0.1, 0.15) is 0 Å². The van der Waals surface area contributed by atoms with Gasteiger partial charge in [0.2, 0.25) is 0 Å². The number of thioether (sulfide) groups is 1. The van der Waals surface area contributed by atoms with Crippen LogP contribution in [0.2, 0.25) is 0 Å². The van der Waals surface area contributed by atoms with Crippen LogP contribution in [-0.2, 0) is 9.53 Å². The Morgan fingerprint density at radius 2 is 2.35 bits per heavy atom. The van der Waals surface area contributed by atoms with Crippen LogP contribution in [0.4, 0.5) is 0 Å². The molecule has 0 bridgehead atoms. The third kappa shape index (κ3) is 4.91. The van der Waals surface area contributed by atoms with Gasteiger partial charge in [0, 0.05) is 22.0 Å². The Hall–Kier alpha value is -0.810. The van der Waals surface area contributed by atoms with Crippen molar-refractivity contribution in [2.24, 2.45) is 0 Å². The van der Waals surface area contributed by atoms with Crippen molar-refractivity contribution in [2.75, 3.05) is 12.9 Å². The number of aromatic nitrogens is 1. The quantitative estimate of drug-likeness (QED) is 0.474. The fourth-order valence-electron chi connectivity index (χ4n) is 1.18. The van der Waals surface area contributed by atoms with Crippen LogP contribution in [0.15, 0.2) is 39.5 Å². The third-order valence-corrected chi connectivity index (χ3v) is 3.43. The minimum Gasteiger partial charge on any atom is -0.466 e. The zero-order chi connectivity index (χ0) is 12.7. The zero-order valence-corrected chi connectivity index (χ0v) is 12.2. The van der Waals surface area contributed by atoms with Crippen LogP contribution in [0.25, 0.3) is 0 Å². The molecule has 92 valence electrons. The molecule has 1 heterocycles. The monoisotopic (exact) mass is 315 g/mol. The third-order valence-electron chi connectivity index (χ3n) is 2.09. The lowest BCUT2D eigenvalue weighted by molar-refractivity contribution is -0.136. The molecule has 0 aliphatic heterocycles. The Labute approximate surface area is 114 Å². The Kier molecular flexibility index (Phi) is 6.29. The average molecular weight is 316 g/mol. The van der Waals surface area contributed by atoms with Gasteiger partial charge in [-0.2, -0.15) is 0 Å². The molecule has 0 amide bonds. The highest BCUT2D eigenvalue weighted by atomic mass is 79.9. The average Bonchev–Trinajstić information content (AvgIpc) is 2.36. The molecule has 0 saturated carbocycles. The predicted molar refractivity (Wildman–Crippen MR) is 73.1 cm³/mol. The highest BCUT2D eigenvalue weighted by Gasteiger charge is 2.06. The summed E-state index contributed by atoms with van der Waals surface area (Å²) in [5.74, 6) is 0.462. The van der Waals surface area contributed by atoms with E-state index in [1.54, 1.807) is 18.0 Å². The van der Waals surface area contributed by atoms with Gasteiger partial charge in [0.15, 0.2) is 0 Å². The van der Waals surface area contributed by atoms with Gasteiger partial charge < -0.3 is 4.74 Å². The van der Waals surface area contributed by atoms with Crippen LogP contribution in [0, 0.1) is 0 Å². The van der Waals surface area contributed by atoms with Gasteiger partial charge in [0.05, 0.1) is 12.1 Å². The molecule has 1 rings (SSSR count). The van der Waals surface area contributed by atoms with Crippen molar-refractivity contribution in [1.29, 1.82) is 0 Å². The summed E-state index contributed by atoms with van der Waals surface area (Å²) in [7, 11) is 1.40. The summed E-state index contributed by atoms with van der Waals surface area (Å²) in [5.41, 5.74) is 0.706. The second-order valence-electron chi connectivity index (χ2n) is 3.20. The minimum atomic E-state index is -0.253. The molecule has 0 N–H and O–H groups in total. The molecule has 0 spiro atoms. The molecule has 0 radical (unpaired) electrons. The summed E-state index contributed by atoms with van der Waals surface area (Å²) >= 11 is 4.92. The molecule has 0 fully saturated rings. The van der Waals surface area contributed by atoms with E-state index in [1.165, 1.54) is 7.11 Å². The van der Waals surface area contributed by atoms with Crippen LogP contribution in [0.5, 0.6) is 0 Å². The Balaban J connectivity index is 2.53. The second kappa shape index (κ2) is 7.50. The van der Waals surface area contributed by atoms with E-state index in [4.69, 9.17) is 0 Å². The lowest BCUT2D eigenvalue weighted by atomic mass is 10.2. The molecule has 0 saturated heterocycles. The molecule has 1 aromatic rings. The number of nitrogens with zero attached hydrogens (tertiary/aromatic N) is 1. The number of methoxy groups -OCH3 is 1. The minimum absolute atomic E-state index is 0.253. The Bertz CT molecular complexity index is 403. The van der Waals surface area contributed by atoms with Gasteiger partial charge in [-0.15, -0.1) is 11.8 Å². The summed E-state index contributed by atoms with van der Waals surface area (Å²) in [5, 5.41) is 0.935. The Morgan fingerprint density at radius 1 is 1.59 bits per heavy atom. The van der Waals surface area contributed by atoms with E-state index in [-0.39, 0.29) is 5.97 Å². The van der Waals surface area contributed by atoms with E-state index in [0.717, 1.165) is 9.50 Å². The molecule has 0 unspecified atom stereocenters. The molecule has 5 heteroatoms. The van der Waals surface area contributed by atoms with Crippen LogP contribution < -0.4 is 0 Å². The van der Waals surface area contributed by atoms with Crippen molar-refractivity contribution >= 4 is 33.7 Å². The summed E-state index contributed by atoms with van der Waals surface area (Å²) in [6.07, 6.45) is 4.33. The summed E-state index contributed by atoms with van der Waals surface area (Å²) in [6.45, 7) is 1.94. The number of carbonyl (C=O) groups excluding carboxylic acids is 1. The first-order valence-corrected chi connectivity index (χ1v) is 6.97. The summed E-state index contributed by atoms with van der Waals surface area (Å²) in [6, 6.07) is 3.88. The number of hydrogen-bond acceptors (Lipinski definition) is 4. The number of rotatable bonds is 5. The molecule has 3 nitrogen and oxygen atoms in total. The molecular weight excluding hydrogens is 302 g/mol. The van der Waals surface area contributed by atoms with E-state index in [9.17, 15) is 4.79 Å². The number of carbonyl (C=O) groups is 1. The predicted octanol–water partition coefficient (Wildman–Crippen LogP) is 3.45. The molecule has 0 aromatic carbocycles. The van der Waals surface area contributed by atoms with Crippen LogP contribution in [0.1, 0.15) is 13.3 Å². The smallest absolute Gasteiger partial charge is 0.333 e. The van der Waals surface area contributed by atoms with Crippen molar-refractivity contribution < 1.29 is 9.53 Å². The first-order chi connectivity index (χ1) is 8.17. The fourth-order valence-corrected chi connectivity index (χ4v) is 2.16. The van der Waals surface area contributed by atoms with Crippen LogP contribution >= 0.6 is 27.7 Å². The van der Waals surface area contributed by atoms with Crippen molar-refractivity contribution in [2.45, 2.75) is 18.4 Å². The molecule has 17 heavy (non-hydrogen) atoms. The molecule has 0 atom stereocenters. The number of halogens is 1. The van der Waals surface area contributed by atoms with E-state index in [0.29, 0.717) is 17.7 Å². The topological polar surface area (TPSA) is 39.2 Å². The van der Waals surface area contributed by atoms with E-state index < -0.39 is 0 Å². The first kappa shape index (κ1) is 14.3. The van der Waals surface area contributed by atoms with Crippen molar-refractivity contribution in [3.8, 4) is 0 Å². The van der Waals surface area contributed by atoms with E-state index in [2.05, 4.69) is 25.7 Å². The van der Waals surface area contributed by atoms with Crippen LogP contribution in [0.3, 0.4) is 0 Å². The van der Waals surface area contributed by atoms with Gasteiger partial charge in [-0.1, -0.05) is 13.0 Å². The standard InChI is InChI=1S/C12H14BrNO2S/c1-3-9(12(15)16-2)6-7-17-11-5-4-10(13)8-14-11/h4-6,8H,3,7H2,1-2H3. The zero-order valence-electron chi connectivity index (χ0n) is 9.77. The summed E-state index contributed by atoms with van der Waals surface area (Å²) < 4.78 is 5.64. The maximum atomic E-state index is 11.3. The van der Waals surface area contributed by atoms with Gasteiger partial charge >= 0.3 is 5.97 Å². The second-order valence-corrected chi connectivity index (χ2v) is 5.16. The summed E-state index contributed by atoms with van der Waals surface area (Å²) in [4.78, 5) is 15.5. The fraction of sp³-hybridized carbons (Fsp3) is 0.333. The maximum absolute atomic E-state index is 11.3. The maximum Gasteiger partial charge on any atom is 0.333 e. The molecule has 0 aliphatic carbocycles. The lowest BCUT2D eigenvalue weighted by Gasteiger charge is -2.02. The SMILES string of the molecule is CCC(=CCSc1ccc(Br)cn1)C(=O)OC. The number of ether oxygens (including phenoxy) is 1. The highest BCUT2D eigenvalue weighted by molar-refractivity contribution is 9.10. The molecule has 0 aliphatic rings. The van der Waals surface area contributed by atoms with Gasteiger partial charge in [-0.05, 0) is 34.5 Å². The van der Waals surface area contributed by atoms with Crippen LogP contribution in [-0.4, -0.2) is 23.8 Å². The van der Waals surface area contributed by atoms with Gasteiger partial charge in [0.25, 0.3) is 0 Å².